The molecule has 0 radical (unpaired) electrons. The summed E-state index contributed by atoms with van der Waals surface area (Å²) >= 11 is 0. The molecule has 426 valence electrons. The maximum absolute atomic E-state index is 16.8. The van der Waals surface area contributed by atoms with E-state index in [1.54, 1.807) is 0 Å². The maximum atomic E-state index is 16.8. The van der Waals surface area contributed by atoms with Gasteiger partial charge >= 0.3 is 36.7 Å². The molecule has 3 fully saturated rings. The molecule has 6 aromatic heterocycles. The summed E-state index contributed by atoms with van der Waals surface area (Å²) in [7, 11) is -19.6. The van der Waals surface area contributed by atoms with Gasteiger partial charge < -0.3 is 75.7 Å². The van der Waals surface area contributed by atoms with Crippen molar-refractivity contribution in [1.29, 1.82) is 0 Å². The Hall–Kier alpha value is -5.63. The second-order valence-electron chi connectivity index (χ2n) is 17.9. The number of carbonyl (C=O) groups excluding carboxylic acids is 1. The van der Waals surface area contributed by atoms with Crippen LogP contribution in [0.1, 0.15) is 25.1 Å². The van der Waals surface area contributed by atoms with Crippen molar-refractivity contribution in [3.63, 3.8) is 0 Å². The first-order valence-electron chi connectivity index (χ1n) is 22.4. The molecule has 0 saturated carbocycles. The van der Waals surface area contributed by atoms with Crippen molar-refractivity contribution in [3.05, 3.63) is 46.0 Å². The molecule has 16 atom stereocenters. The molecule has 1 amide bonds. The van der Waals surface area contributed by atoms with Crippen molar-refractivity contribution in [2.75, 3.05) is 51.1 Å². The number of carbonyl (C=O) groups is 1. The fourth-order valence-corrected chi connectivity index (χ4v) is 14.1. The van der Waals surface area contributed by atoms with Gasteiger partial charge in [-0.15, -0.1) is 0 Å². The molecule has 0 spiro atoms. The predicted molar refractivity (Wildman–Crippen MR) is 253 cm³/mol. The molecule has 3 aliphatic rings. The van der Waals surface area contributed by atoms with Gasteiger partial charge in [-0.05, 0) is 0 Å². The van der Waals surface area contributed by atoms with E-state index in [2.05, 4.69) is 48.5 Å². The van der Waals surface area contributed by atoms with E-state index in [0.29, 0.717) is 0 Å². The number of nitrogen functional groups attached to an aromatic ring is 3. The van der Waals surface area contributed by atoms with Crippen molar-refractivity contribution in [2.24, 2.45) is 13.0 Å². The van der Waals surface area contributed by atoms with Crippen LogP contribution in [0.3, 0.4) is 0 Å². The van der Waals surface area contributed by atoms with Gasteiger partial charge in [-0.25, -0.2) is 42.6 Å². The molecule has 9 rings (SSSR count). The van der Waals surface area contributed by atoms with Crippen molar-refractivity contribution >= 4 is 88.2 Å². The van der Waals surface area contributed by atoms with Crippen molar-refractivity contribution in [3.8, 4) is 0 Å². The van der Waals surface area contributed by atoms with Crippen LogP contribution in [0.4, 0.5) is 22.1 Å². The molecule has 3 aliphatic heterocycles. The number of fused-ring (bicyclic) bond motifs is 3. The Morgan fingerprint density at radius 3 is 2.01 bits per heavy atom. The van der Waals surface area contributed by atoms with Gasteiger partial charge in [-0.1, -0.05) is 4.98 Å². The highest BCUT2D eigenvalue weighted by molar-refractivity contribution is 7.66. The van der Waals surface area contributed by atoms with E-state index in [4.69, 9.17) is 45.0 Å². The summed E-state index contributed by atoms with van der Waals surface area (Å²) in [5, 5.41) is 33.3. The van der Waals surface area contributed by atoms with Gasteiger partial charge in [-0.3, -0.25) is 51.7 Å². The third-order valence-corrected chi connectivity index (χ3v) is 18.7. The fourth-order valence-electron chi connectivity index (χ4n) is 8.94. The van der Waals surface area contributed by atoms with Crippen LogP contribution in [0.15, 0.2) is 34.9 Å². The molecule has 4 unspecified atom stereocenters. The van der Waals surface area contributed by atoms with Gasteiger partial charge in [0.15, 0.2) is 47.6 Å². The number of imidazole rings is 3. The zero-order valence-electron chi connectivity index (χ0n) is 40.1. The lowest BCUT2D eigenvalue weighted by molar-refractivity contribution is -0.745. The number of ether oxygens (including phenoxy) is 3. The highest BCUT2D eigenvalue weighted by Gasteiger charge is 2.58. The summed E-state index contributed by atoms with van der Waals surface area (Å²) in [5.41, 5.74) is 12.6. The quantitative estimate of drug-likeness (QED) is 0.0275. The van der Waals surface area contributed by atoms with E-state index in [9.17, 15) is 67.5 Å². The highest BCUT2D eigenvalue weighted by Crippen LogP contribution is 2.68. The first kappa shape index (κ1) is 57.1. The lowest BCUT2D eigenvalue weighted by atomic mass is 9.94. The summed E-state index contributed by atoms with van der Waals surface area (Å²) in [6.45, 7) is -3.65. The van der Waals surface area contributed by atoms with Gasteiger partial charge in [0.2, 0.25) is 23.6 Å². The summed E-state index contributed by atoms with van der Waals surface area (Å²) < 4.78 is 116. The maximum Gasteiger partial charge on any atom is 0.490 e. The number of hydrogen-bond donors (Lipinski definition) is 12. The number of halogens is 1. The third-order valence-electron chi connectivity index (χ3n) is 12.5. The number of hydrogen-bond acceptors (Lipinski definition) is 27. The van der Waals surface area contributed by atoms with E-state index in [0.717, 1.165) is 33.0 Å². The number of phosphoric ester groups is 2. The minimum Gasteiger partial charge on any atom is -0.387 e. The number of H-pyrrole nitrogens is 2. The standard InChI is InChI=1S/C35H47FN16O22P4/c1-48(2)16(53)4-12-13(70-32(21(12)54)52-11-49(3)20-28(52)45-35(39)47-30(20)58)5-68-76(61,62)73-78(65,66)74-77(63,64)69-7-15-24(17(36)31(72-15)50-9-42-18-25(37)40-8-41-26(18)50)75(59,60)67-6-14-22(55)23(56)33(71-14)51-10-43-19-27(51)44-34(38)46-29(19)57/h8-15,17,21-24,31-33,54-56H,4-7H2,1-3H3,(H11-,37,38,39,40,41,44,45,46,47,57,58,59,60,61,62,63,64,65,66)/p+1/t12-,13-,14-,15-,17-,21-,22-,23-,24-,31-,32-,33-/m1/s1. The Labute approximate surface area is 432 Å². The number of aromatic nitrogens is 12. The summed E-state index contributed by atoms with van der Waals surface area (Å²) in [4.78, 5) is 110. The average Bonchev–Trinajstić information content (AvgIpc) is 4.30. The summed E-state index contributed by atoms with van der Waals surface area (Å²) in [6, 6.07) is 0. The number of aliphatic hydroxyl groups is 3. The number of aliphatic hydroxyl groups excluding tert-OH is 3. The zero-order valence-corrected chi connectivity index (χ0v) is 43.7. The largest absolute Gasteiger partial charge is 0.490 e. The van der Waals surface area contributed by atoms with Crippen molar-refractivity contribution in [1.82, 2.24) is 58.5 Å². The number of anilines is 3. The summed E-state index contributed by atoms with van der Waals surface area (Å²) in [5.74, 6) is -2.67. The van der Waals surface area contributed by atoms with E-state index >= 15 is 4.39 Å². The number of rotatable bonds is 19. The van der Waals surface area contributed by atoms with Crippen LogP contribution < -0.4 is 32.9 Å². The van der Waals surface area contributed by atoms with Crippen LogP contribution in [0.2, 0.25) is 0 Å². The fraction of sp³-hybridized carbons (Fsp3) is 0.543. The summed E-state index contributed by atoms with van der Waals surface area (Å²) in [6.07, 6.45) is -14.7. The molecule has 43 heteroatoms. The zero-order chi connectivity index (χ0) is 56.7. The molecule has 3 saturated heterocycles. The molecule has 15 N–H and O–H groups in total. The molecular weight excluding hydrogens is 1140 g/mol. The molecule has 78 heavy (non-hydrogen) atoms. The van der Waals surface area contributed by atoms with Gasteiger partial charge in [-0.2, -0.15) is 13.6 Å². The number of alkyl halides is 1. The average molecular weight is 1190 g/mol. The van der Waals surface area contributed by atoms with Crippen LogP contribution in [0, 0.1) is 5.92 Å². The number of nitrogens with one attached hydrogen (secondary N) is 2. The number of nitrogens with two attached hydrogens (primary N) is 3. The lowest BCUT2D eigenvalue weighted by Crippen LogP contribution is -2.45. The minimum absolute atomic E-state index is 0.0202. The number of nitrogens with zero attached hydrogens (tertiary/aromatic N) is 11. The normalized spacial score (nSPS) is 29.7. The van der Waals surface area contributed by atoms with E-state index < -0.39 is 147 Å². The van der Waals surface area contributed by atoms with Crippen molar-refractivity contribution < 1.29 is 103 Å². The molecule has 9 heterocycles. The molecule has 38 nitrogen and oxygen atoms in total. The predicted octanol–water partition coefficient (Wildman–Crippen LogP) is -3.59. The second kappa shape index (κ2) is 21.1. The third kappa shape index (κ3) is 11.1. The van der Waals surface area contributed by atoms with Gasteiger partial charge in [0.25, 0.3) is 17.1 Å². The Kier molecular flexibility index (Phi) is 15.5. The SMILES string of the molecule is CN(C)C(=O)C[C@H]1[C@@H](O)[C@H]([n+]2cn(C)c3c(=O)[nH]c(N)nc32)O[C@@H]1COP(=O)(O)OP(=O)(O)OP(=O)(O)OC[C@H]1O[C@@H](n2cnc3c(N)ncnc32)[C@H](F)[C@@H]1P(=O)(O)OC[C@H]1O[C@@H](n2cnc3c(=O)[nH]c(N)nc32)[C@H](O)[C@@H]1O. The van der Waals surface area contributed by atoms with Gasteiger partial charge in [0.05, 0.1) is 45.6 Å². The highest BCUT2D eigenvalue weighted by atomic mass is 31.3. The van der Waals surface area contributed by atoms with Crippen LogP contribution in [-0.2, 0) is 66.5 Å². The monoisotopic (exact) mass is 1190 g/mol. The Morgan fingerprint density at radius 2 is 1.35 bits per heavy atom. The van der Waals surface area contributed by atoms with Gasteiger partial charge in [0.1, 0.15) is 48.0 Å². The van der Waals surface area contributed by atoms with E-state index in [1.165, 1.54) is 36.6 Å². The van der Waals surface area contributed by atoms with E-state index in [-0.39, 0.29) is 51.2 Å². The van der Waals surface area contributed by atoms with Gasteiger partial charge in [0, 0.05) is 26.4 Å². The minimum atomic E-state index is -6.29. The number of phosphoric acid groups is 3. The van der Waals surface area contributed by atoms with Crippen LogP contribution >= 0.6 is 31.1 Å². The van der Waals surface area contributed by atoms with Crippen LogP contribution in [0.25, 0.3) is 33.5 Å². The first-order chi connectivity index (χ1) is 36.5. The second-order valence-corrected chi connectivity index (χ2v) is 24.5. The van der Waals surface area contributed by atoms with Crippen molar-refractivity contribution in [2.45, 2.75) is 73.6 Å². The lowest BCUT2D eigenvalue weighted by Gasteiger charge is -2.26. The molecule has 0 bridgehead atoms. The molecule has 6 aromatic rings. The number of aromatic amines is 2. The Bertz CT molecular complexity index is 3620. The smallest absolute Gasteiger partial charge is 0.387 e. The van der Waals surface area contributed by atoms with E-state index in [1.807, 2.05) is 0 Å². The number of aryl methyl sites for hydroxylation is 1. The first-order valence-corrected chi connectivity index (χ1v) is 28.5. The Morgan fingerprint density at radius 1 is 0.756 bits per heavy atom. The van der Waals surface area contributed by atoms with Crippen LogP contribution in [0.5, 0.6) is 0 Å². The Balaban J connectivity index is 0.886. The number of amides is 1. The van der Waals surface area contributed by atoms with Crippen LogP contribution in [-0.4, -0.2) is 182 Å². The molecule has 0 aliphatic carbocycles. The topological polar surface area (TPSA) is 544 Å². The molecular formula is C35H48FN16O22P4+. The molecule has 0 aromatic carbocycles.